The van der Waals surface area contributed by atoms with Crippen molar-refractivity contribution in [2.45, 2.75) is 58.0 Å². The van der Waals surface area contributed by atoms with Gasteiger partial charge in [-0.15, -0.1) is 0 Å². The van der Waals surface area contributed by atoms with Gasteiger partial charge in [0.05, 0.1) is 6.04 Å². The van der Waals surface area contributed by atoms with Gasteiger partial charge in [0, 0.05) is 0 Å². The normalized spacial score (nSPS) is 20.9. The molecule has 1 heterocycles. The second-order valence-corrected chi connectivity index (χ2v) is 9.44. The molecule has 2 aliphatic rings. The average Bonchev–Trinajstić information content (AvgIpc) is 3.32. The van der Waals surface area contributed by atoms with Crippen molar-refractivity contribution < 1.29 is 14.4 Å². The lowest BCUT2D eigenvalue weighted by Crippen LogP contribution is -2.44. The summed E-state index contributed by atoms with van der Waals surface area (Å²) in [5.41, 5.74) is 3.16. The molecule has 1 saturated heterocycles. The number of carbonyl (C=O) groups is 3. The van der Waals surface area contributed by atoms with Gasteiger partial charge in [-0.05, 0) is 60.8 Å². The van der Waals surface area contributed by atoms with E-state index in [1.165, 1.54) is 11.1 Å². The second kappa shape index (κ2) is 8.77. The van der Waals surface area contributed by atoms with Crippen LogP contribution in [0.25, 0.3) is 0 Å². The zero-order valence-electron chi connectivity index (χ0n) is 19.0. The number of nitrogens with zero attached hydrogens (tertiary/aromatic N) is 1. The molecule has 2 aromatic carbocycles. The molecular weight excluding hydrogens is 402 g/mol. The second-order valence-electron chi connectivity index (χ2n) is 9.44. The molecule has 0 spiro atoms. The Balaban J connectivity index is 1.48. The van der Waals surface area contributed by atoms with E-state index in [1.807, 2.05) is 48.5 Å². The maximum Gasteiger partial charge on any atom is 0.325 e. The van der Waals surface area contributed by atoms with Crippen LogP contribution in [-0.2, 0) is 28.0 Å². The van der Waals surface area contributed by atoms with Crippen molar-refractivity contribution in [3.05, 3.63) is 70.8 Å². The molecular formula is C26H31N3O3. The van der Waals surface area contributed by atoms with Crippen molar-refractivity contribution in [2.24, 2.45) is 5.92 Å². The molecule has 0 unspecified atom stereocenters. The fraction of sp³-hybridized carbons (Fsp3) is 0.423. The van der Waals surface area contributed by atoms with E-state index in [2.05, 4.69) is 24.5 Å². The minimum Gasteiger partial charge on any atom is -0.348 e. The first-order chi connectivity index (χ1) is 15.3. The van der Waals surface area contributed by atoms with Crippen LogP contribution in [0.4, 0.5) is 4.79 Å². The number of benzene rings is 2. The Hall–Kier alpha value is -3.15. The molecule has 1 fully saturated rings. The summed E-state index contributed by atoms with van der Waals surface area (Å²) in [6.45, 7) is 5.61. The largest absolute Gasteiger partial charge is 0.348 e. The van der Waals surface area contributed by atoms with E-state index in [0.717, 1.165) is 41.7 Å². The number of aryl methyl sites for hydroxylation is 2. The summed E-state index contributed by atoms with van der Waals surface area (Å²) in [6.07, 6.45) is 3.92. The molecule has 4 amide bonds. The molecule has 2 aromatic rings. The number of carbonyl (C=O) groups excluding carboxylic acids is 3. The van der Waals surface area contributed by atoms with E-state index in [1.54, 1.807) is 6.92 Å². The maximum absolute atomic E-state index is 13.3. The molecule has 0 saturated carbocycles. The summed E-state index contributed by atoms with van der Waals surface area (Å²) in [4.78, 5) is 39.9. The number of nitrogens with one attached hydrogen (secondary N) is 2. The summed E-state index contributed by atoms with van der Waals surface area (Å²) >= 11 is 0. The maximum atomic E-state index is 13.3. The third-order valence-corrected chi connectivity index (χ3v) is 6.50. The number of imide groups is 1. The molecule has 6 heteroatoms. The summed E-state index contributed by atoms with van der Waals surface area (Å²) < 4.78 is 0. The van der Waals surface area contributed by atoms with Crippen LogP contribution in [0.3, 0.4) is 0 Å². The van der Waals surface area contributed by atoms with Crippen LogP contribution in [0.2, 0.25) is 0 Å². The van der Waals surface area contributed by atoms with Gasteiger partial charge in [0.2, 0.25) is 5.91 Å². The molecule has 2 atom stereocenters. The van der Waals surface area contributed by atoms with E-state index >= 15 is 0 Å². The average molecular weight is 434 g/mol. The highest BCUT2D eigenvalue weighted by Crippen LogP contribution is 2.32. The van der Waals surface area contributed by atoms with Gasteiger partial charge >= 0.3 is 6.03 Å². The lowest BCUT2D eigenvalue weighted by Gasteiger charge is -2.24. The summed E-state index contributed by atoms with van der Waals surface area (Å²) in [6, 6.07) is 15.1. The quantitative estimate of drug-likeness (QED) is 0.651. The number of urea groups is 1. The Bertz CT molecular complexity index is 1030. The van der Waals surface area contributed by atoms with Gasteiger partial charge in [-0.3, -0.25) is 14.5 Å². The number of hydrogen-bond donors (Lipinski definition) is 2. The standard InChI is InChI=1S/C26H31N3O3/c1-17(2)14-22(19-8-5-4-6-9-19)27-23(30)16-29-24(31)26(3,28-25(29)32)21-13-12-18-10-7-11-20(18)15-21/h4-6,8-9,12-13,15,17,22H,7,10-11,14,16H2,1-3H3,(H,27,30)(H,28,32)/t22-,26+/m0/s1. The van der Waals surface area contributed by atoms with Gasteiger partial charge in [0.1, 0.15) is 12.1 Å². The highest BCUT2D eigenvalue weighted by atomic mass is 16.2. The van der Waals surface area contributed by atoms with Gasteiger partial charge < -0.3 is 10.6 Å². The SMILES string of the molecule is CC(C)C[C@H](NC(=O)CN1C(=O)N[C@](C)(c2ccc3c(c2)CCC3)C1=O)c1ccccc1. The molecule has 32 heavy (non-hydrogen) atoms. The van der Waals surface area contributed by atoms with Gasteiger partial charge in [-0.25, -0.2) is 4.79 Å². The molecule has 0 radical (unpaired) electrons. The van der Waals surface area contributed by atoms with Crippen LogP contribution in [0.15, 0.2) is 48.5 Å². The van der Waals surface area contributed by atoms with Gasteiger partial charge in [-0.1, -0.05) is 62.4 Å². The molecule has 0 bridgehead atoms. The fourth-order valence-electron chi connectivity index (χ4n) is 4.74. The van der Waals surface area contributed by atoms with Crippen molar-refractivity contribution in [2.75, 3.05) is 6.54 Å². The zero-order chi connectivity index (χ0) is 22.9. The lowest BCUT2D eigenvalue weighted by molar-refractivity contribution is -0.135. The molecule has 168 valence electrons. The lowest BCUT2D eigenvalue weighted by atomic mass is 9.89. The third-order valence-electron chi connectivity index (χ3n) is 6.50. The predicted octanol–water partition coefficient (Wildman–Crippen LogP) is 3.85. The highest BCUT2D eigenvalue weighted by molar-refractivity contribution is 6.09. The minimum absolute atomic E-state index is 0.174. The summed E-state index contributed by atoms with van der Waals surface area (Å²) in [5, 5.41) is 5.84. The number of hydrogen-bond acceptors (Lipinski definition) is 3. The minimum atomic E-state index is -1.16. The van der Waals surface area contributed by atoms with Crippen LogP contribution in [-0.4, -0.2) is 29.3 Å². The van der Waals surface area contributed by atoms with E-state index < -0.39 is 17.5 Å². The van der Waals surface area contributed by atoms with Crippen molar-refractivity contribution in [3.8, 4) is 0 Å². The molecule has 0 aromatic heterocycles. The van der Waals surface area contributed by atoms with Crippen molar-refractivity contribution in [1.82, 2.24) is 15.5 Å². The Morgan fingerprint density at radius 2 is 1.81 bits per heavy atom. The Morgan fingerprint density at radius 3 is 2.53 bits per heavy atom. The van der Waals surface area contributed by atoms with E-state index in [-0.39, 0.29) is 18.5 Å². The van der Waals surface area contributed by atoms with Crippen LogP contribution in [0, 0.1) is 5.92 Å². The van der Waals surface area contributed by atoms with Crippen molar-refractivity contribution in [1.29, 1.82) is 0 Å². The summed E-state index contributed by atoms with van der Waals surface area (Å²) in [7, 11) is 0. The van der Waals surface area contributed by atoms with Crippen LogP contribution < -0.4 is 10.6 Å². The first-order valence-electron chi connectivity index (χ1n) is 11.4. The smallest absolute Gasteiger partial charge is 0.325 e. The Morgan fingerprint density at radius 1 is 1.09 bits per heavy atom. The molecule has 1 aliphatic carbocycles. The Kier molecular flexibility index (Phi) is 6.04. The van der Waals surface area contributed by atoms with Crippen LogP contribution in [0.1, 0.15) is 61.9 Å². The monoisotopic (exact) mass is 433 g/mol. The van der Waals surface area contributed by atoms with Gasteiger partial charge in [0.15, 0.2) is 0 Å². The zero-order valence-corrected chi connectivity index (χ0v) is 19.0. The molecule has 2 N–H and O–H groups in total. The predicted molar refractivity (Wildman–Crippen MR) is 123 cm³/mol. The third kappa shape index (κ3) is 4.27. The van der Waals surface area contributed by atoms with E-state index in [4.69, 9.17) is 0 Å². The first kappa shape index (κ1) is 22.1. The van der Waals surface area contributed by atoms with Crippen molar-refractivity contribution >= 4 is 17.8 Å². The van der Waals surface area contributed by atoms with E-state index in [0.29, 0.717) is 5.92 Å². The molecule has 6 nitrogen and oxygen atoms in total. The number of rotatable bonds is 7. The van der Waals surface area contributed by atoms with E-state index in [9.17, 15) is 14.4 Å². The fourth-order valence-corrected chi connectivity index (χ4v) is 4.74. The number of amides is 4. The highest BCUT2D eigenvalue weighted by Gasteiger charge is 2.49. The van der Waals surface area contributed by atoms with Crippen LogP contribution >= 0.6 is 0 Å². The van der Waals surface area contributed by atoms with Crippen molar-refractivity contribution in [3.63, 3.8) is 0 Å². The molecule has 1 aliphatic heterocycles. The Labute approximate surface area is 189 Å². The number of fused-ring (bicyclic) bond motifs is 1. The molecule has 4 rings (SSSR count). The summed E-state index contributed by atoms with van der Waals surface area (Å²) in [5.74, 6) is -0.364. The topological polar surface area (TPSA) is 78.5 Å². The van der Waals surface area contributed by atoms with Crippen LogP contribution in [0.5, 0.6) is 0 Å². The first-order valence-corrected chi connectivity index (χ1v) is 11.4. The van der Waals surface area contributed by atoms with Gasteiger partial charge in [0.25, 0.3) is 5.91 Å². The van der Waals surface area contributed by atoms with Gasteiger partial charge in [-0.2, -0.15) is 0 Å².